The highest BCUT2D eigenvalue weighted by atomic mass is 16.5. The van der Waals surface area contributed by atoms with Gasteiger partial charge in [-0.3, -0.25) is 4.79 Å². The Balaban J connectivity index is 2.60. The molecule has 3 atom stereocenters. The number of hydrogen-bond donors (Lipinski definition) is 1. The Morgan fingerprint density at radius 2 is 2.18 bits per heavy atom. The van der Waals surface area contributed by atoms with Crippen molar-refractivity contribution < 1.29 is 14.6 Å². The maximum Gasteiger partial charge on any atom is 0.311 e. The van der Waals surface area contributed by atoms with Gasteiger partial charge in [-0.15, -0.1) is 0 Å². The fraction of sp³-hybridized carbons (Fsp3) is 0.875. The summed E-state index contributed by atoms with van der Waals surface area (Å²) in [5, 5.41) is 9.36. The van der Waals surface area contributed by atoms with Crippen LogP contribution in [0.25, 0.3) is 0 Å². The average Bonchev–Trinajstić information content (AvgIpc) is 2.30. The van der Waals surface area contributed by atoms with Crippen molar-refractivity contribution >= 4 is 5.97 Å². The molecule has 1 N–H and O–H groups in total. The Bertz CT molecular complexity index is 145. The van der Waals surface area contributed by atoms with Gasteiger partial charge in [-0.25, -0.2) is 0 Å². The van der Waals surface area contributed by atoms with Crippen molar-refractivity contribution in [1.29, 1.82) is 0 Å². The molecule has 3 nitrogen and oxygen atoms in total. The molecule has 64 valence electrons. The zero-order valence-electron chi connectivity index (χ0n) is 6.91. The summed E-state index contributed by atoms with van der Waals surface area (Å²) in [6.07, 6.45) is 1.15. The zero-order valence-corrected chi connectivity index (χ0v) is 6.91. The summed E-state index contributed by atoms with van der Waals surface area (Å²) < 4.78 is 4.58. The molecule has 1 fully saturated rings. The predicted octanol–water partition coefficient (Wildman–Crippen LogP) is 0.566. The number of rotatable bonds is 1. The van der Waals surface area contributed by atoms with Crippen LogP contribution in [-0.2, 0) is 9.53 Å². The summed E-state index contributed by atoms with van der Waals surface area (Å²) in [4.78, 5) is 11.1. The molecule has 1 rings (SSSR count). The molecule has 0 amide bonds. The molecule has 0 bridgehead atoms. The van der Waals surface area contributed by atoms with E-state index >= 15 is 0 Å². The molecule has 0 saturated heterocycles. The fourth-order valence-electron chi connectivity index (χ4n) is 1.70. The SMILES string of the molecule is COC(=O)[C@@H]1[C@@H](C)CC[C@@H]1O. The average molecular weight is 158 g/mol. The lowest BCUT2D eigenvalue weighted by Gasteiger charge is -2.15. The highest BCUT2D eigenvalue weighted by Crippen LogP contribution is 2.32. The maximum atomic E-state index is 11.1. The normalized spacial score (nSPS) is 37.2. The van der Waals surface area contributed by atoms with Crippen LogP contribution in [0.4, 0.5) is 0 Å². The fourth-order valence-corrected chi connectivity index (χ4v) is 1.70. The van der Waals surface area contributed by atoms with Crippen LogP contribution in [-0.4, -0.2) is 24.3 Å². The van der Waals surface area contributed by atoms with E-state index in [0.717, 1.165) is 12.8 Å². The van der Waals surface area contributed by atoms with Gasteiger partial charge in [0.25, 0.3) is 0 Å². The van der Waals surface area contributed by atoms with Crippen molar-refractivity contribution in [3.8, 4) is 0 Å². The van der Waals surface area contributed by atoms with Crippen LogP contribution in [0.2, 0.25) is 0 Å². The minimum absolute atomic E-state index is 0.262. The van der Waals surface area contributed by atoms with E-state index in [1.807, 2.05) is 6.92 Å². The smallest absolute Gasteiger partial charge is 0.311 e. The van der Waals surface area contributed by atoms with Gasteiger partial charge in [-0.05, 0) is 18.8 Å². The molecule has 0 radical (unpaired) electrons. The third-order valence-electron chi connectivity index (χ3n) is 2.42. The van der Waals surface area contributed by atoms with E-state index in [0.29, 0.717) is 0 Å². The van der Waals surface area contributed by atoms with Gasteiger partial charge in [-0.2, -0.15) is 0 Å². The van der Waals surface area contributed by atoms with Gasteiger partial charge >= 0.3 is 5.97 Å². The number of hydrogen-bond acceptors (Lipinski definition) is 3. The van der Waals surface area contributed by atoms with Crippen LogP contribution in [0.15, 0.2) is 0 Å². The molecule has 11 heavy (non-hydrogen) atoms. The molecule has 0 aromatic carbocycles. The first-order valence-electron chi connectivity index (χ1n) is 3.92. The van der Waals surface area contributed by atoms with Gasteiger partial charge in [-0.1, -0.05) is 6.92 Å². The molecule has 1 aliphatic carbocycles. The molecule has 0 aromatic rings. The highest BCUT2D eigenvalue weighted by molar-refractivity contribution is 5.73. The van der Waals surface area contributed by atoms with E-state index in [-0.39, 0.29) is 17.8 Å². The second-order valence-corrected chi connectivity index (χ2v) is 3.17. The highest BCUT2D eigenvalue weighted by Gasteiger charge is 2.38. The molecule has 0 heterocycles. The monoisotopic (exact) mass is 158 g/mol. The zero-order chi connectivity index (χ0) is 8.43. The van der Waals surface area contributed by atoms with Crippen LogP contribution in [0.3, 0.4) is 0 Å². The van der Waals surface area contributed by atoms with Crippen molar-refractivity contribution in [2.75, 3.05) is 7.11 Å². The van der Waals surface area contributed by atoms with Gasteiger partial charge in [0.05, 0.1) is 19.1 Å². The van der Waals surface area contributed by atoms with Crippen LogP contribution in [0.5, 0.6) is 0 Å². The van der Waals surface area contributed by atoms with E-state index in [4.69, 9.17) is 0 Å². The lowest BCUT2D eigenvalue weighted by atomic mass is 9.97. The minimum atomic E-state index is -0.488. The van der Waals surface area contributed by atoms with Gasteiger partial charge in [0, 0.05) is 0 Å². The third-order valence-corrected chi connectivity index (χ3v) is 2.42. The van der Waals surface area contributed by atoms with Crippen molar-refractivity contribution in [2.45, 2.75) is 25.9 Å². The van der Waals surface area contributed by atoms with Gasteiger partial charge < -0.3 is 9.84 Å². The number of carbonyl (C=O) groups excluding carboxylic acids is 1. The van der Waals surface area contributed by atoms with Crippen LogP contribution in [0.1, 0.15) is 19.8 Å². The topological polar surface area (TPSA) is 46.5 Å². The van der Waals surface area contributed by atoms with Crippen molar-refractivity contribution in [3.63, 3.8) is 0 Å². The van der Waals surface area contributed by atoms with Crippen molar-refractivity contribution in [1.82, 2.24) is 0 Å². The summed E-state index contributed by atoms with van der Waals surface area (Å²) >= 11 is 0. The van der Waals surface area contributed by atoms with Crippen LogP contribution >= 0.6 is 0 Å². The third kappa shape index (κ3) is 1.53. The van der Waals surface area contributed by atoms with Gasteiger partial charge in [0.2, 0.25) is 0 Å². The van der Waals surface area contributed by atoms with Gasteiger partial charge in [0.1, 0.15) is 0 Å². The molecule has 0 unspecified atom stereocenters. The summed E-state index contributed by atoms with van der Waals surface area (Å²) in [5.74, 6) is -0.306. The Morgan fingerprint density at radius 3 is 2.55 bits per heavy atom. The van der Waals surface area contributed by atoms with Crippen LogP contribution in [0, 0.1) is 11.8 Å². The van der Waals surface area contributed by atoms with Crippen LogP contribution < -0.4 is 0 Å². The first kappa shape index (κ1) is 8.53. The van der Waals surface area contributed by atoms with E-state index in [1.165, 1.54) is 7.11 Å². The first-order valence-corrected chi connectivity index (χ1v) is 3.92. The molecule has 1 aliphatic rings. The Morgan fingerprint density at radius 1 is 1.55 bits per heavy atom. The number of aliphatic hydroxyl groups excluding tert-OH is 1. The lowest BCUT2D eigenvalue weighted by molar-refractivity contribution is -0.149. The largest absolute Gasteiger partial charge is 0.469 e. The second-order valence-electron chi connectivity index (χ2n) is 3.17. The van der Waals surface area contributed by atoms with E-state index in [2.05, 4.69) is 4.74 Å². The van der Waals surface area contributed by atoms with Crippen molar-refractivity contribution in [3.05, 3.63) is 0 Å². The Kier molecular flexibility index (Phi) is 2.49. The summed E-state index contributed by atoms with van der Waals surface area (Å²) in [5.41, 5.74) is 0. The molecular formula is C8H14O3. The van der Waals surface area contributed by atoms with E-state index in [9.17, 15) is 9.90 Å². The molecule has 1 saturated carbocycles. The molecule has 0 aromatic heterocycles. The molecule has 0 spiro atoms. The second kappa shape index (κ2) is 3.22. The van der Waals surface area contributed by atoms with Crippen molar-refractivity contribution in [2.24, 2.45) is 11.8 Å². The number of esters is 1. The summed E-state index contributed by atoms with van der Waals surface area (Å²) in [6.45, 7) is 1.97. The number of ether oxygens (including phenoxy) is 1. The van der Waals surface area contributed by atoms with E-state index in [1.54, 1.807) is 0 Å². The van der Waals surface area contributed by atoms with E-state index < -0.39 is 6.10 Å². The standard InChI is InChI=1S/C8H14O3/c1-5-3-4-6(9)7(5)8(10)11-2/h5-7,9H,3-4H2,1-2H3/t5-,6-,7+/m0/s1. The number of methoxy groups -OCH3 is 1. The summed E-state index contributed by atoms with van der Waals surface area (Å²) in [6, 6.07) is 0. The lowest BCUT2D eigenvalue weighted by Crippen LogP contribution is -2.27. The molecular weight excluding hydrogens is 144 g/mol. The predicted molar refractivity (Wildman–Crippen MR) is 39.9 cm³/mol. The Hall–Kier alpha value is -0.570. The van der Waals surface area contributed by atoms with Gasteiger partial charge in [0.15, 0.2) is 0 Å². The maximum absolute atomic E-state index is 11.1. The first-order chi connectivity index (χ1) is 5.16. The number of carbonyl (C=O) groups is 1. The molecule has 3 heteroatoms. The number of aliphatic hydroxyl groups is 1. The quantitative estimate of drug-likeness (QED) is 0.567. The Labute approximate surface area is 66.4 Å². The molecule has 0 aliphatic heterocycles. The summed E-state index contributed by atoms with van der Waals surface area (Å²) in [7, 11) is 1.36. The minimum Gasteiger partial charge on any atom is -0.469 e.